The zero-order valence-electron chi connectivity index (χ0n) is 23.2. The summed E-state index contributed by atoms with van der Waals surface area (Å²) < 4.78 is 16.9. The molecule has 1 aliphatic carbocycles. The predicted molar refractivity (Wildman–Crippen MR) is 157 cm³/mol. The smallest absolute Gasteiger partial charge is 0.336 e. The van der Waals surface area contributed by atoms with Crippen LogP contribution >= 0.6 is 11.8 Å². The number of nitrogens with one attached hydrogen (secondary N) is 1. The van der Waals surface area contributed by atoms with Gasteiger partial charge >= 0.3 is 5.97 Å². The monoisotopic (exact) mass is 559 g/mol. The summed E-state index contributed by atoms with van der Waals surface area (Å²) in [6.45, 7) is 5.98. The number of benzene rings is 2. The molecular weight excluding hydrogens is 526 g/mol. The minimum atomic E-state index is -0.887. The third-order valence-corrected chi connectivity index (χ3v) is 8.41. The normalized spacial score (nSPS) is 18.9. The molecule has 0 saturated heterocycles. The molecule has 1 aliphatic heterocycles. The van der Waals surface area contributed by atoms with E-state index in [1.54, 1.807) is 37.9 Å². The second kappa shape index (κ2) is 11.8. The summed E-state index contributed by atoms with van der Waals surface area (Å²) in [4.78, 5) is 41.3. The van der Waals surface area contributed by atoms with Crippen LogP contribution in [0.1, 0.15) is 55.2 Å². The van der Waals surface area contributed by atoms with Gasteiger partial charge in [-0.1, -0.05) is 30.7 Å². The number of ketones is 1. The van der Waals surface area contributed by atoms with Gasteiger partial charge in [0.15, 0.2) is 11.2 Å². The lowest BCUT2D eigenvalue weighted by Crippen LogP contribution is -2.37. The molecule has 2 aromatic carbocycles. The average molecular weight is 560 g/mol. The SMILES string of the molecule is CCSCCOC(=O)C1=C(C)NC2=C(C(=O)C[C@@H](c3cccc(OC)c3)C2)[C@@H]1c1coc2ccc(C)cc2c1=O. The molecule has 0 amide bonds. The second-order valence-corrected chi connectivity index (χ2v) is 11.5. The highest BCUT2D eigenvalue weighted by Gasteiger charge is 2.42. The Labute approximate surface area is 237 Å². The third kappa shape index (κ3) is 5.32. The van der Waals surface area contributed by atoms with E-state index in [1.165, 1.54) is 6.26 Å². The van der Waals surface area contributed by atoms with E-state index in [1.807, 2.05) is 44.2 Å². The first-order valence-corrected chi connectivity index (χ1v) is 14.6. The van der Waals surface area contributed by atoms with Crippen LogP contribution < -0.4 is 15.5 Å². The number of allylic oxidation sites excluding steroid dienone is 3. The van der Waals surface area contributed by atoms with E-state index in [4.69, 9.17) is 13.9 Å². The Morgan fingerprint density at radius 2 is 1.95 bits per heavy atom. The van der Waals surface area contributed by atoms with Gasteiger partial charge in [-0.05, 0) is 61.8 Å². The van der Waals surface area contributed by atoms with Gasteiger partial charge in [-0.3, -0.25) is 9.59 Å². The minimum absolute atomic E-state index is 0.0717. The summed E-state index contributed by atoms with van der Waals surface area (Å²) in [5.74, 6) is 0.698. The topological polar surface area (TPSA) is 94.8 Å². The fourth-order valence-corrected chi connectivity index (χ4v) is 6.12. The molecule has 2 atom stereocenters. The number of ether oxygens (including phenoxy) is 2. The van der Waals surface area contributed by atoms with Gasteiger partial charge in [0.2, 0.25) is 0 Å². The van der Waals surface area contributed by atoms with Crippen LogP contribution in [0.4, 0.5) is 0 Å². The molecule has 0 unspecified atom stereocenters. The van der Waals surface area contributed by atoms with Crippen molar-refractivity contribution in [1.82, 2.24) is 5.32 Å². The number of methoxy groups -OCH3 is 1. The number of fused-ring (bicyclic) bond motifs is 1. The van der Waals surface area contributed by atoms with Crippen LogP contribution in [0.3, 0.4) is 0 Å². The molecule has 1 N–H and O–H groups in total. The molecule has 0 radical (unpaired) electrons. The molecule has 0 fully saturated rings. The number of esters is 1. The second-order valence-electron chi connectivity index (χ2n) is 10.1. The van der Waals surface area contributed by atoms with Crippen LogP contribution in [0.5, 0.6) is 5.75 Å². The van der Waals surface area contributed by atoms with Crippen molar-refractivity contribution in [1.29, 1.82) is 0 Å². The number of Topliss-reactive ketones (excluding diaryl/α,β-unsaturated/α-hetero) is 1. The van der Waals surface area contributed by atoms with E-state index in [-0.39, 0.29) is 41.3 Å². The summed E-state index contributed by atoms with van der Waals surface area (Å²) in [7, 11) is 1.62. The van der Waals surface area contributed by atoms with Gasteiger partial charge in [-0.2, -0.15) is 11.8 Å². The van der Waals surface area contributed by atoms with Crippen molar-refractivity contribution >= 4 is 34.5 Å². The lowest BCUT2D eigenvalue weighted by molar-refractivity contribution is -0.138. The summed E-state index contributed by atoms with van der Waals surface area (Å²) in [5, 5.41) is 3.76. The molecule has 1 aromatic heterocycles. The van der Waals surface area contributed by atoms with Gasteiger partial charge in [0, 0.05) is 34.7 Å². The van der Waals surface area contributed by atoms with Crippen LogP contribution in [0.2, 0.25) is 0 Å². The van der Waals surface area contributed by atoms with Crippen LogP contribution in [0.25, 0.3) is 11.0 Å². The molecule has 0 spiro atoms. The Morgan fingerprint density at radius 3 is 2.73 bits per heavy atom. The molecule has 2 aliphatic rings. The van der Waals surface area contributed by atoms with Gasteiger partial charge in [0.1, 0.15) is 17.9 Å². The van der Waals surface area contributed by atoms with E-state index in [0.717, 1.165) is 22.6 Å². The first kappa shape index (κ1) is 27.8. The number of hydrogen-bond donors (Lipinski definition) is 1. The number of rotatable bonds is 8. The van der Waals surface area contributed by atoms with Crippen LogP contribution in [-0.4, -0.2) is 37.0 Å². The van der Waals surface area contributed by atoms with Crippen molar-refractivity contribution < 1.29 is 23.5 Å². The molecule has 0 saturated carbocycles. The summed E-state index contributed by atoms with van der Waals surface area (Å²) >= 11 is 1.67. The summed E-state index contributed by atoms with van der Waals surface area (Å²) in [5.41, 5.74) is 4.35. The van der Waals surface area contributed by atoms with Crippen molar-refractivity contribution in [3.05, 3.63) is 98.2 Å². The van der Waals surface area contributed by atoms with Crippen LogP contribution in [0.15, 0.2) is 80.5 Å². The first-order valence-electron chi connectivity index (χ1n) is 13.5. The molecule has 7 nitrogen and oxygen atoms in total. The van der Waals surface area contributed by atoms with E-state index in [9.17, 15) is 14.4 Å². The van der Waals surface area contributed by atoms with Gasteiger partial charge < -0.3 is 19.2 Å². The molecule has 5 rings (SSSR count). The molecule has 0 bridgehead atoms. The fourth-order valence-electron chi connectivity index (χ4n) is 5.63. The van der Waals surface area contributed by atoms with Crippen molar-refractivity contribution in [2.24, 2.45) is 0 Å². The number of hydrogen-bond acceptors (Lipinski definition) is 8. The van der Waals surface area contributed by atoms with Crippen molar-refractivity contribution in [2.45, 2.75) is 45.4 Å². The molecule has 40 heavy (non-hydrogen) atoms. The number of carbonyl (C=O) groups excluding carboxylic acids is 2. The Balaban J connectivity index is 1.61. The van der Waals surface area contributed by atoms with Crippen LogP contribution in [0, 0.1) is 6.92 Å². The van der Waals surface area contributed by atoms with Crippen molar-refractivity contribution in [3.63, 3.8) is 0 Å². The van der Waals surface area contributed by atoms with Crippen molar-refractivity contribution in [2.75, 3.05) is 25.2 Å². The van der Waals surface area contributed by atoms with E-state index in [2.05, 4.69) is 5.32 Å². The average Bonchev–Trinajstić information content (AvgIpc) is 2.95. The van der Waals surface area contributed by atoms with Gasteiger partial charge in [-0.25, -0.2) is 4.79 Å². The largest absolute Gasteiger partial charge is 0.497 e. The Kier molecular flexibility index (Phi) is 8.17. The van der Waals surface area contributed by atoms with Crippen LogP contribution in [-0.2, 0) is 14.3 Å². The van der Waals surface area contributed by atoms with E-state index >= 15 is 0 Å². The van der Waals surface area contributed by atoms with Gasteiger partial charge in [0.25, 0.3) is 0 Å². The Morgan fingerprint density at radius 1 is 1.12 bits per heavy atom. The first-order chi connectivity index (χ1) is 19.3. The zero-order chi connectivity index (χ0) is 28.4. The summed E-state index contributed by atoms with van der Waals surface area (Å²) in [6, 6.07) is 13.1. The molecular formula is C32H33NO6S. The number of carbonyl (C=O) groups is 2. The van der Waals surface area contributed by atoms with Gasteiger partial charge in [0.05, 0.1) is 30.3 Å². The summed E-state index contributed by atoms with van der Waals surface area (Å²) in [6.07, 6.45) is 2.20. The molecule has 3 aromatic rings. The third-order valence-electron chi connectivity index (χ3n) is 7.54. The molecule has 2 heterocycles. The number of thioether (sulfide) groups is 1. The number of dihydropyridines is 1. The maximum atomic E-state index is 13.9. The fraction of sp³-hybridized carbons (Fsp3) is 0.344. The predicted octanol–water partition coefficient (Wildman–Crippen LogP) is 5.77. The highest BCUT2D eigenvalue weighted by Crippen LogP contribution is 2.45. The standard InChI is InChI=1S/C32H33NO6S/c1-5-40-12-11-38-32(36)28-19(3)33-25-15-21(20-7-6-8-22(14-20)37-4)16-26(34)30(25)29(28)24-17-39-27-10-9-18(2)13-23(27)31(24)35/h6-10,13-14,17,21,29,33H,5,11-12,15-16H2,1-4H3/t21-,29+/m0/s1. The highest BCUT2D eigenvalue weighted by molar-refractivity contribution is 7.99. The lowest BCUT2D eigenvalue weighted by Gasteiger charge is -2.36. The highest BCUT2D eigenvalue weighted by atomic mass is 32.2. The minimum Gasteiger partial charge on any atom is -0.497 e. The maximum Gasteiger partial charge on any atom is 0.336 e. The zero-order valence-corrected chi connectivity index (χ0v) is 24.0. The maximum absolute atomic E-state index is 13.9. The van der Waals surface area contributed by atoms with Gasteiger partial charge in [-0.15, -0.1) is 0 Å². The quantitative estimate of drug-likeness (QED) is 0.275. The lowest BCUT2D eigenvalue weighted by atomic mass is 9.72. The molecule has 208 valence electrons. The number of aryl methyl sites for hydroxylation is 1. The Bertz CT molecular complexity index is 1600. The van der Waals surface area contributed by atoms with E-state index in [0.29, 0.717) is 40.1 Å². The van der Waals surface area contributed by atoms with E-state index < -0.39 is 11.9 Å². The molecule has 8 heteroatoms. The van der Waals surface area contributed by atoms with Crippen molar-refractivity contribution in [3.8, 4) is 5.75 Å². The Hall–Kier alpha value is -3.78.